The minimum Gasteiger partial charge on any atom is -0.489 e. The van der Waals surface area contributed by atoms with Crippen LogP contribution in [0.25, 0.3) is 22.6 Å². The Bertz CT molecular complexity index is 1970. The molecule has 2 amide bonds. The van der Waals surface area contributed by atoms with Crippen molar-refractivity contribution in [2.45, 2.75) is 24.8 Å². The van der Waals surface area contributed by atoms with Crippen molar-refractivity contribution in [3.8, 4) is 17.2 Å². The summed E-state index contributed by atoms with van der Waals surface area (Å²) in [6.45, 7) is 0.484. The summed E-state index contributed by atoms with van der Waals surface area (Å²) < 4.78 is 34.7. The number of nitrogens with one attached hydrogen (secondary N) is 1. The number of aromatic nitrogens is 1. The Morgan fingerprint density at radius 3 is 2.78 bits per heavy atom. The summed E-state index contributed by atoms with van der Waals surface area (Å²) in [5, 5.41) is 3.49. The van der Waals surface area contributed by atoms with E-state index in [2.05, 4.69) is 10.3 Å². The average molecular weight is 664 g/mol. The van der Waals surface area contributed by atoms with Crippen LogP contribution >= 0.6 is 11.3 Å². The zero-order chi connectivity index (χ0) is 32.4. The summed E-state index contributed by atoms with van der Waals surface area (Å²) in [5.41, 5.74) is 1.38. The molecule has 236 valence electrons. The highest BCUT2D eigenvalue weighted by Crippen LogP contribution is 2.36. The molecule has 6 rings (SSSR count). The molecule has 1 fully saturated rings. The van der Waals surface area contributed by atoms with E-state index >= 15 is 0 Å². The molecular weight excluding hydrogens is 638 g/mol. The fourth-order valence-electron chi connectivity index (χ4n) is 4.96. The maximum Gasteiger partial charge on any atom is 0.358 e. The van der Waals surface area contributed by atoms with Gasteiger partial charge in [0.1, 0.15) is 40.7 Å². The van der Waals surface area contributed by atoms with Gasteiger partial charge >= 0.3 is 11.9 Å². The zero-order valence-electron chi connectivity index (χ0n) is 24.1. The third-order valence-electron chi connectivity index (χ3n) is 7.02. The third kappa shape index (κ3) is 6.46. The lowest BCUT2D eigenvalue weighted by molar-refractivity contribution is -0.166. The molecule has 46 heavy (non-hydrogen) atoms. The van der Waals surface area contributed by atoms with Crippen molar-refractivity contribution in [3.05, 3.63) is 92.4 Å². The number of allylic oxidation sites excluding steroid dienone is 1. The number of β-lactam (4-membered cyclic amide) rings is 1. The summed E-state index contributed by atoms with van der Waals surface area (Å²) in [4.78, 5) is 68.1. The standard InChI is InChI=1S/C31H25N3O10S2/c1-17(35)42-16-43-31(39)28-18(15-46(40)30-27(29(38)34(28)30)33-26(37)14-21-5-3-11-45-21)4-2-10-41-20-7-9-23-25(13-20)44-24-12-19(36)6-8-22(24)32-23/h2-9,11-13,27,30H,10,14-16H2,1H3,(H,33,37)/b4-2+/t27-,30-,46?/m1/s1. The predicted molar refractivity (Wildman–Crippen MR) is 165 cm³/mol. The smallest absolute Gasteiger partial charge is 0.358 e. The fourth-order valence-corrected chi connectivity index (χ4v) is 7.31. The molecule has 0 radical (unpaired) electrons. The maximum atomic E-state index is 13.3. The van der Waals surface area contributed by atoms with Crippen LogP contribution in [0, 0.1) is 0 Å². The van der Waals surface area contributed by atoms with Gasteiger partial charge in [-0.2, -0.15) is 0 Å². The first-order valence-electron chi connectivity index (χ1n) is 13.9. The molecule has 3 atom stereocenters. The molecule has 1 aromatic heterocycles. The number of amides is 2. The van der Waals surface area contributed by atoms with Crippen LogP contribution in [0.4, 0.5) is 0 Å². The van der Waals surface area contributed by atoms with Crippen LogP contribution in [-0.4, -0.2) is 68.4 Å². The summed E-state index contributed by atoms with van der Waals surface area (Å²) >= 11 is 1.39. The average Bonchev–Trinajstić information content (AvgIpc) is 3.53. The Hall–Kier alpha value is -5.15. The number of carbonyl (C=O) groups excluding carboxylic acids is 4. The van der Waals surface area contributed by atoms with Gasteiger partial charge in [0.05, 0.1) is 23.0 Å². The monoisotopic (exact) mass is 663 g/mol. The minimum atomic E-state index is -1.68. The van der Waals surface area contributed by atoms with Crippen LogP contribution in [-0.2, 0) is 45.9 Å². The Morgan fingerprint density at radius 2 is 2.00 bits per heavy atom. The molecule has 13 nitrogen and oxygen atoms in total. The quantitative estimate of drug-likeness (QED) is 0.114. The van der Waals surface area contributed by atoms with Gasteiger partial charge in [-0.25, -0.2) is 9.78 Å². The SMILES string of the molecule is CC(=O)OCOC(=O)C1=C(/C=C/COc2ccc3nc4ccc(=O)cc-4oc3c2)CS(=O)[C@@H]2[C@H](NC(=O)Cc3cccs3)C(=O)N12. The lowest BCUT2D eigenvalue weighted by Crippen LogP contribution is -2.73. The maximum absolute atomic E-state index is 13.3. The lowest BCUT2D eigenvalue weighted by Gasteiger charge is -2.49. The van der Waals surface area contributed by atoms with Gasteiger partial charge in [0.15, 0.2) is 16.8 Å². The Kier molecular flexibility index (Phi) is 8.76. The highest BCUT2D eigenvalue weighted by Gasteiger charge is 2.57. The molecule has 0 spiro atoms. The Morgan fingerprint density at radius 1 is 1.15 bits per heavy atom. The van der Waals surface area contributed by atoms with E-state index in [-0.39, 0.29) is 35.5 Å². The zero-order valence-corrected chi connectivity index (χ0v) is 25.8. The number of hydrogen-bond donors (Lipinski definition) is 1. The topological polar surface area (TPSA) is 171 Å². The van der Waals surface area contributed by atoms with Crippen LogP contribution in [0.2, 0.25) is 0 Å². The first-order chi connectivity index (χ1) is 22.2. The van der Waals surface area contributed by atoms with Crippen LogP contribution in [0.5, 0.6) is 5.75 Å². The summed E-state index contributed by atoms with van der Waals surface area (Å²) in [6, 6.07) is 11.9. The number of carbonyl (C=O) groups is 4. The van der Waals surface area contributed by atoms with Gasteiger partial charge in [0.2, 0.25) is 12.7 Å². The number of esters is 2. The second kappa shape index (κ2) is 13.1. The molecule has 1 saturated heterocycles. The van der Waals surface area contributed by atoms with Crippen LogP contribution in [0.3, 0.4) is 0 Å². The Labute approximate surface area is 267 Å². The van der Waals surface area contributed by atoms with Gasteiger partial charge in [-0.3, -0.25) is 28.3 Å². The highest BCUT2D eigenvalue weighted by molar-refractivity contribution is 7.86. The van der Waals surface area contributed by atoms with Crippen molar-refractivity contribution < 1.29 is 42.0 Å². The first kappa shape index (κ1) is 30.9. The largest absolute Gasteiger partial charge is 0.489 e. The van der Waals surface area contributed by atoms with E-state index in [1.165, 1.54) is 29.5 Å². The van der Waals surface area contributed by atoms with Crippen molar-refractivity contribution in [1.29, 1.82) is 0 Å². The van der Waals surface area contributed by atoms with Gasteiger partial charge in [0, 0.05) is 23.9 Å². The molecule has 0 bridgehead atoms. The fraction of sp³-hybridized carbons (Fsp3) is 0.226. The van der Waals surface area contributed by atoms with Crippen molar-refractivity contribution >= 4 is 57.0 Å². The van der Waals surface area contributed by atoms with Crippen LogP contribution < -0.4 is 15.5 Å². The van der Waals surface area contributed by atoms with E-state index in [9.17, 15) is 28.2 Å². The third-order valence-corrected chi connectivity index (χ3v) is 9.51. The van der Waals surface area contributed by atoms with Gasteiger partial charge < -0.3 is 23.9 Å². The lowest BCUT2D eigenvalue weighted by atomic mass is 10.0. The number of ether oxygens (including phenoxy) is 3. The molecule has 1 aromatic carbocycles. The normalized spacial score (nSPS) is 19.2. The summed E-state index contributed by atoms with van der Waals surface area (Å²) in [5.74, 6) is -2.01. The molecule has 1 unspecified atom stereocenters. The number of rotatable bonds is 10. The molecule has 1 N–H and O–H groups in total. The van der Waals surface area contributed by atoms with Crippen molar-refractivity contribution in [3.63, 3.8) is 0 Å². The molecule has 4 heterocycles. The molecule has 0 saturated carbocycles. The number of fused-ring (bicyclic) bond motifs is 3. The number of nitrogens with zero attached hydrogens (tertiary/aromatic N) is 2. The minimum absolute atomic E-state index is 0.0158. The second-order valence-corrected chi connectivity index (χ2v) is 12.7. The van der Waals surface area contributed by atoms with Crippen LogP contribution in [0.1, 0.15) is 11.8 Å². The molecule has 1 aliphatic carbocycles. The van der Waals surface area contributed by atoms with Crippen molar-refractivity contribution in [1.82, 2.24) is 15.2 Å². The van der Waals surface area contributed by atoms with Gasteiger partial charge in [0.25, 0.3) is 5.91 Å². The number of benzene rings is 2. The molecule has 4 aliphatic rings. The van der Waals surface area contributed by atoms with E-state index in [0.717, 1.165) is 16.7 Å². The summed E-state index contributed by atoms with van der Waals surface area (Å²) in [6.07, 6.45) is 3.13. The van der Waals surface area contributed by atoms with Gasteiger partial charge in [-0.1, -0.05) is 12.1 Å². The van der Waals surface area contributed by atoms with Crippen molar-refractivity contribution in [2.75, 3.05) is 19.2 Å². The van der Waals surface area contributed by atoms with E-state index in [0.29, 0.717) is 28.3 Å². The molecule has 2 aromatic rings. The number of thiophene rings is 1. The van der Waals surface area contributed by atoms with E-state index in [1.54, 1.807) is 42.5 Å². The predicted octanol–water partition coefficient (Wildman–Crippen LogP) is 2.27. The van der Waals surface area contributed by atoms with E-state index in [4.69, 9.17) is 18.6 Å². The molecular formula is C31H25N3O10S2. The first-order valence-corrected chi connectivity index (χ1v) is 16.1. The molecule has 15 heteroatoms. The second-order valence-electron chi connectivity index (χ2n) is 10.2. The van der Waals surface area contributed by atoms with Crippen LogP contribution in [0.15, 0.2) is 86.5 Å². The van der Waals surface area contributed by atoms with Gasteiger partial charge in [-0.15, -0.1) is 11.3 Å². The van der Waals surface area contributed by atoms with Gasteiger partial charge in [-0.05, 0) is 47.4 Å². The molecule has 3 aliphatic heterocycles. The summed E-state index contributed by atoms with van der Waals surface area (Å²) in [7, 11) is -1.68. The van der Waals surface area contributed by atoms with Crippen molar-refractivity contribution in [2.24, 2.45) is 0 Å². The van der Waals surface area contributed by atoms with E-state index < -0.39 is 52.8 Å². The number of hydrogen-bond acceptors (Lipinski definition) is 12. The highest BCUT2D eigenvalue weighted by atomic mass is 32.2. The van der Waals surface area contributed by atoms with E-state index in [1.807, 2.05) is 5.38 Å². The Balaban J connectivity index is 1.19.